The maximum absolute atomic E-state index is 9.40. The zero-order valence-electron chi connectivity index (χ0n) is 10.2. The van der Waals surface area contributed by atoms with Crippen LogP contribution in [0.1, 0.15) is 29.3 Å². The van der Waals surface area contributed by atoms with Crippen LogP contribution in [0.5, 0.6) is 5.75 Å². The second-order valence-corrected chi connectivity index (χ2v) is 5.58. The molecule has 1 aliphatic rings. The van der Waals surface area contributed by atoms with Crippen LogP contribution in [0.3, 0.4) is 0 Å². The molecule has 0 bridgehead atoms. The van der Waals surface area contributed by atoms with Gasteiger partial charge in [0.15, 0.2) is 0 Å². The van der Waals surface area contributed by atoms with Gasteiger partial charge in [-0.05, 0) is 25.0 Å². The van der Waals surface area contributed by atoms with Crippen molar-refractivity contribution in [2.75, 3.05) is 7.11 Å². The third-order valence-corrected chi connectivity index (χ3v) is 4.26. The van der Waals surface area contributed by atoms with Crippen LogP contribution in [0.15, 0.2) is 24.3 Å². The average Bonchev–Trinajstić information content (AvgIpc) is 3.18. The van der Waals surface area contributed by atoms with Crippen LogP contribution in [-0.2, 0) is 6.61 Å². The summed E-state index contributed by atoms with van der Waals surface area (Å²) < 4.78 is 5.23. The third kappa shape index (κ3) is 2.13. The number of thiazole rings is 1. The van der Waals surface area contributed by atoms with Crippen LogP contribution in [0.2, 0.25) is 0 Å². The number of rotatable bonds is 4. The van der Waals surface area contributed by atoms with Gasteiger partial charge >= 0.3 is 0 Å². The van der Waals surface area contributed by atoms with Crippen LogP contribution >= 0.6 is 11.3 Å². The fourth-order valence-electron chi connectivity index (χ4n) is 2.03. The quantitative estimate of drug-likeness (QED) is 0.919. The zero-order valence-corrected chi connectivity index (χ0v) is 11.0. The lowest BCUT2D eigenvalue weighted by molar-refractivity contribution is 0.284. The van der Waals surface area contributed by atoms with Crippen molar-refractivity contribution in [1.82, 2.24) is 4.98 Å². The van der Waals surface area contributed by atoms with Crippen LogP contribution in [0, 0.1) is 0 Å². The van der Waals surface area contributed by atoms with E-state index in [1.165, 1.54) is 12.8 Å². The Bertz CT molecular complexity index is 561. The van der Waals surface area contributed by atoms with E-state index in [2.05, 4.69) is 0 Å². The Morgan fingerprint density at radius 1 is 1.44 bits per heavy atom. The van der Waals surface area contributed by atoms with Crippen molar-refractivity contribution >= 4 is 11.3 Å². The molecule has 94 valence electrons. The van der Waals surface area contributed by atoms with E-state index in [1.807, 2.05) is 24.3 Å². The van der Waals surface area contributed by atoms with E-state index in [0.29, 0.717) is 5.92 Å². The van der Waals surface area contributed by atoms with Gasteiger partial charge in [-0.2, -0.15) is 0 Å². The molecule has 0 aliphatic heterocycles. The molecule has 0 atom stereocenters. The average molecular weight is 261 g/mol. The Balaban J connectivity index is 2.00. The molecular weight excluding hydrogens is 246 g/mol. The molecule has 2 aromatic rings. The van der Waals surface area contributed by atoms with Gasteiger partial charge in [0.25, 0.3) is 0 Å². The predicted octanol–water partition coefficient (Wildman–Crippen LogP) is 3.19. The molecule has 18 heavy (non-hydrogen) atoms. The van der Waals surface area contributed by atoms with Crippen molar-refractivity contribution in [3.05, 3.63) is 34.8 Å². The van der Waals surface area contributed by atoms with E-state index < -0.39 is 0 Å². The molecule has 0 spiro atoms. The first kappa shape index (κ1) is 11.7. The summed E-state index contributed by atoms with van der Waals surface area (Å²) in [6, 6.07) is 7.90. The van der Waals surface area contributed by atoms with Gasteiger partial charge in [0.1, 0.15) is 10.8 Å². The molecule has 3 rings (SSSR count). The molecule has 1 aliphatic carbocycles. The van der Waals surface area contributed by atoms with Gasteiger partial charge in [-0.3, -0.25) is 0 Å². The molecule has 0 radical (unpaired) electrons. The largest absolute Gasteiger partial charge is 0.497 e. The van der Waals surface area contributed by atoms with Gasteiger partial charge in [0.2, 0.25) is 0 Å². The highest BCUT2D eigenvalue weighted by molar-refractivity contribution is 7.15. The molecule has 1 aromatic carbocycles. The first-order valence-electron chi connectivity index (χ1n) is 6.06. The summed E-state index contributed by atoms with van der Waals surface area (Å²) in [4.78, 5) is 5.70. The fraction of sp³-hybridized carbons (Fsp3) is 0.357. The van der Waals surface area contributed by atoms with Crippen molar-refractivity contribution in [2.45, 2.75) is 25.4 Å². The summed E-state index contributed by atoms with van der Waals surface area (Å²) in [6.07, 6.45) is 2.41. The van der Waals surface area contributed by atoms with Gasteiger partial charge < -0.3 is 9.84 Å². The lowest BCUT2D eigenvalue weighted by Gasteiger charge is -2.01. The van der Waals surface area contributed by atoms with Gasteiger partial charge in [-0.25, -0.2) is 4.98 Å². The summed E-state index contributed by atoms with van der Waals surface area (Å²) in [5.74, 6) is 1.41. The van der Waals surface area contributed by atoms with Crippen LogP contribution < -0.4 is 4.74 Å². The SMILES string of the molecule is COc1cccc(-c2nc(C3CC3)c(CO)s2)c1. The maximum atomic E-state index is 9.40. The number of ether oxygens (including phenoxy) is 1. The van der Waals surface area contributed by atoms with Crippen molar-refractivity contribution in [3.8, 4) is 16.3 Å². The second-order valence-electron chi connectivity index (χ2n) is 4.49. The number of nitrogens with zero attached hydrogens (tertiary/aromatic N) is 1. The van der Waals surface area contributed by atoms with E-state index in [1.54, 1.807) is 18.4 Å². The number of methoxy groups -OCH3 is 1. The van der Waals surface area contributed by atoms with E-state index in [4.69, 9.17) is 9.72 Å². The molecule has 0 amide bonds. The Hall–Kier alpha value is -1.39. The highest BCUT2D eigenvalue weighted by Crippen LogP contribution is 2.44. The minimum Gasteiger partial charge on any atom is -0.497 e. The Labute approximate surface area is 110 Å². The van der Waals surface area contributed by atoms with Gasteiger partial charge in [-0.1, -0.05) is 12.1 Å². The predicted molar refractivity (Wildman–Crippen MR) is 72.0 cm³/mol. The fourth-order valence-corrected chi connectivity index (χ4v) is 3.04. The summed E-state index contributed by atoms with van der Waals surface area (Å²) in [5.41, 5.74) is 2.15. The topological polar surface area (TPSA) is 42.4 Å². The van der Waals surface area contributed by atoms with Crippen molar-refractivity contribution in [3.63, 3.8) is 0 Å². The van der Waals surface area contributed by atoms with E-state index in [-0.39, 0.29) is 6.61 Å². The summed E-state index contributed by atoms with van der Waals surface area (Å²) in [5, 5.41) is 10.4. The Morgan fingerprint density at radius 3 is 2.94 bits per heavy atom. The van der Waals surface area contributed by atoms with Gasteiger partial charge in [0, 0.05) is 11.5 Å². The number of aliphatic hydroxyl groups is 1. The van der Waals surface area contributed by atoms with E-state index in [9.17, 15) is 5.11 Å². The number of benzene rings is 1. The molecule has 0 unspecified atom stereocenters. The normalized spacial score (nSPS) is 14.8. The molecule has 1 heterocycles. The first-order chi connectivity index (χ1) is 8.81. The molecule has 0 saturated heterocycles. The van der Waals surface area contributed by atoms with Crippen LogP contribution in [0.4, 0.5) is 0 Å². The van der Waals surface area contributed by atoms with Crippen LogP contribution in [0.25, 0.3) is 10.6 Å². The van der Waals surface area contributed by atoms with Gasteiger partial charge in [0.05, 0.1) is 24.3 Å². The zero-order chi connectivity index (χ0) is 12.5. The third-order valence-electron chi connectivity index (χ3n) is 3.15. The molecule has 1 fully saturated rings. The molecule has 1 aromatic heterocycles. The van der Waals surface area contributed by atoms with Crippen molar-refractivity contribution < 1.29 is 9.84 Å². The second kappa shape index (κ2) is 4.71. The Morgan fingerprint density at radius 2 is 2.28 bits per heavy atom. The number of hydrogen-bond acceptors (Lipinski definition) is 4. The minimum absolute atomic E-state index is 0.0907. The van der Waals surface area contributed by atoms with E-state index >= 15 is 0 Å². The minimum atomic E-state index is 0.0907. The standard InChI is InChI=1S/C14H15NO2S/c1-17-11-4-2-3-10(7-11)14-15-13(9-5-6-9)12(8-16)18-14/h2-4,7,9,16H,5-6,8H2,1H3. The smallest absolute Gasteiger partial charge is 0.124 e. The number of aliphatic hydroxyl groups excluding tert-OH is 1. The molecule has 1 saturated carbocycles. The maximum Gasteiger partial charge on any atom is 0.124 e. The highest BCUT2D eigenvalue weighted by atomic mass is 32.1. The van der Waals surface area contributed by atoms with Gasteiger partial charge in [-0.15, -0.1) is 11.3 Å². The number of hydrogen-bond donors (Lipinski definition) is 1. The molecular formula is C14H15NO2S. The highest BCUT2D eigenvalue weighted by Gasteiger charge is 2.29. The van der Waals surface area contributed by atoms with Crippen molar-refractivity contribution in [1.29, 1.82) is 0 Å². The van der Waals surface area contributed by atoms with Crippen molar-refractivity contribution in [2.24, 2.45) is 0 Å². The molecule has 1 N–H and O–H groups in total. The van der Waals surface area contributed by atoms with Crippen LogP contribution in [-0.4, -0.2) is 17.2 Å². The lowest BCUT2D eigenvalue weighted by Crippen LogP contribution is -1.87. The molecule has 4 heteroatoms. The Kier molecular flexibility index (Phi) is 3.06. The number of aromatic nitrogens is 1. The first-order valence-corrected chi connectivity index (χ1v) is 6.88. The summed E-state index contributed by atoms with van der Waals surface area (Å²) >= 11 is 1.58. The lowest BCUT2D eigenvalue weighted by atomic mass is 10.2. The van der Waals surface area contributed by atoms with E-state index in [0.717, 1.165) is 26.9 Å². The summed E-state index contributed by atoms with van der Waals surface area (Å²) in [6.45, 7) is 0.0907. The molecule has 3 nitrogen and oxygen atoms in total. The summed E-state index contributed by atoms with van der Waals surface area (Å²) in [7, 11) is 1.66. The monoisotopic (exact) mass is 261 g/mol.